The van der Waals surface area contributed by atoms with Gasteiger partial charge in [-0.1, -0.05) is 24.3 Å². The molecule has 90 valence electrons. The molecule has 0 aromatic heterocycles. The molecule has 1 heterocycles. The van der Waals surface area contributed by atoms with Gasteiger partial charge in [0.05, 0.1) is 12.3 Å². The molecule has 0 saturated carbocycles. The summed E-state index contributed by atoms with van der Waals surface area (Å²) in [5, 5.41) is 0. The summed E-state index contributed by atoms with van der Waals surface area (Å²) in [6.07, 6.45) is 2.97. The first-order valence-electron chi connectivity index (χ1n) is 5.54. The molecule has 1 aliphatic heterocycles. The number of carbonyl (C=O) groups is 1. The maximum atomic E-state index is 11.9. The number of hydrogen-bond donors (Lipinski definition) is 0. The van der Waals surface area contributed by atoms with E-state index >= 15 is 0 Å². The lowest BCUT2D eigenvalue weighted by Crippen LogP contribution is -2.42. The highest BCUT2D eigenvalue weighted by Gasteiger charge is 2.28. The fraction of sp³-hybridized carbons (Fsp3) is 0.308. The molecule has 0 fully saturated rings. The number of carbonyl (C=O) groups excluding carboxylic acids is 1. The smallest absolute Gasteiger partial charge is 0.416 e. The summed E-state index contributed by atoms with van der Waals surface area (Å²) < 4.78 is 10.3. The third kappa shape index (κ3) is 2.17. The first-order chi connectivity index (χ1) is 8.27. The van der Waals surface area contributed by atoms with Crippen LogP contribution in [0.1, 0.15) is 12.5 Å². The van der Waals surface area contributed by atoms with E-state index < -0.39 is 12.3 Å². The lowest BCUT2D eigenvalue weighted by molar-refractivity contribution is 0.112. The second-order valence-electron chi connectivity index (χ2n) is 3.61. The first-order valence-corrected chi connectivity index (χ1v) is 5.54. The third-order valence-corrected chi connectivity index (χ3v) is 2.60. The standard InChI is InChI=1S/C13H15NO3/c1-3-17-13(15)14-11-7-5-4-6-10(11)8-9-12(14)16-2/h4-9,12H,3H2,1-2H3/t12-/m1/s1. The number of ether oxygens (including phenoxy) is 2. The van der Waals surface area contributed by atoms with E-state index in [9.17, 15) is 4.79 Å². The van der Waals surface area contributed by atoms with Crippen LogP contribution >= 0.6 is 0 Å². The van der Waals surface area contributed by atoms with Crippen LogP contribution in [0, 0.1) is 0 Å². The lowest BCUT2D eigenvalue weighted by atomic mass is 10.1. The van der Waals surface area contributed by atoms with Crippen LogP contribution < -0.4 is 4.90 Å². The molecule has 0 unspecified atom stereocenters. The third-order valence-electron chi connectivity index (χ3n) is 2.60. The van der Waals surface area contributed by atoms with E-state index in [0.717, 1.165) is 11.3 Å². The molecule has 4 heteroatoms. The Morgan fingerprint density at radius 3 is 2.88 bits per heavy atom. The van der Waals surface area contributed by atoms with Gasteiger partial charge in [0.25, 0.3) is 0 Å². The van der Waals surface area contributed by atoms with E-state index in [-0.39, 0.29) is 0 Å². The molecule has 0 N–H and O–H groups in total. The van der Waals surface area contributed by atoms with E-state index in [1.165, 1.54) is 4.90 Å². The van der Waals surface area contributed by atoms with Crippen molar-refractivity contribution in [1.82, 2.24) is 0 Å². The van der Waals surface area contributed by atoms with E-state index in [1.807, 2.05) is 36.4 Å². The fourth-order valence-electron chi connectivity index (χ4n) is 1.84. The summed E-state index contributed by atoms with van der Waals surface area (Å²) in [6.45, 7) is 2.13. The Kier molecular flexibility index (Phi) is 3.44. The molecule has 2 rings (SSSR count). The van der Waals surface area contributed by atoms with E-state index in [2.05, 4.69) is 0 Å². The monoisotopic (exact) mass is 233 g/mol. The van der Waals surface area contributed by atoms with Gasteiger partial charge >= 0.3 is 6.09 Å². The summed E-state index contributed by atoms with van der Waals surface area (Å²) in [7, 11) is 1.56. The summed E-state index contributed by atoms with van der Waals surface area (Å²) in [4.78, 5) is 13.4. The van der Waals surface area contributed by atoms with Gasteiger partial charge in [-0.3, -0.25) is 0 Å². The number of methoxy groups -OCH3 is 1. The topological polar surface area (TPSA) is 38.8 Å². The highest BCUT2D eigenvalue weighted by atomic mass is 16.6. The van der Waals surface area contributed by atoms with Crippen LogP contribution in [0.5, 0.6) is 0 Å². The Bertz CT molecular complexity index is 442. The Balaban J connectivity index is 2.38. The van der Waals surface area contributed by atoms with Crippen molar-refractivity contribution in [2.24, 2.45) is 0 Å². The highest BCUT2D eigenvalue weighted by molar-refractivity contribution is 5.93. The molecule has 0 saturated heterocycles. The molecule has 0 aliphatic carbocycles. The lowest BCUT2D eigenvalue weighted by Gasteiger charge is -2.31. The average Bonchev–Trinajstić information content (AvgIpc) is 2.37. The van der Waals surface area contributed by atoms with Crippen molar-refractivity contribution in [2.75, 3.05) is 18.6 Å². The number of anilines is 1. The number of benzene rings is 1. The van der Waals surface area contributed by atoms with E-state index in [1.54, 1.807) is 14.0 Å². The summed E-state index contributed by atoms with van der Waals surface area (Å²) in [5.74, 6) is 0. The van der Waals surface area contributed by atoms with Crippen LogP contribution in [0.25, 0.3) is 6.08 Å². The van der Waals surface area contributed by atoms with E-state index in [0.29, 0.717) is 6.61 Å². The summed E-state index contributed by atoms with van der Waals surface area (Å²) >= 11 is 0. The first kappa shape index (κ1) is 11.7. The van der Waals surface area contributed by atoms with Crippen LogP contribution in [0.4, 0.5) is 10.5 Å². The van der Waals surface area contributed by atoms with E-state index in [4.69, 9.17) is 9.47 Å². The number of nitrogens with zero attached hydrogens (tertiary/aromatic N) is 1. The highest BCUT2D eigenvalue weighted by Crippen LogP contribution is 2.29. The molecule has 0 bridgehead atoms. The molecular formula is C13H15NO3. The van der Waals surface area contributed by atoms with Crippen LogP contribution in [-0.4, -0.2) is 26.0 Å². The van der Waals surface area contributed by atoms with Gasteiger partial charge in [0, 0.05) is 7.11 Å². The van der Waals surface area contributed by atoms with Crippen molar-refractivity contribution in [2.45, 2.75) is 13.2 Å². The predicted octanol–water partition coefficient (Wildman–Crippen LogP) is 2.65. The molecule has 1 amide bonds. The maximum Gasteiger partial charge on any atom is 0.416 e. The maximum absolute atomic E-state index is 11.9. The van der Waals surface area contributed by atoms with Crippen LogP contribution in [0.2, 0.25) is 0 Å². The fourth-order valence-corrected chi connectivity index (χ4v) is 1.84. The minimum Gasteiger partial charge on any atom is -0.449 e. The van der Waals surface area contributed by atoms with Crippen LogP contribution in [0.3, 0.4) is 0 Å². The van der Waals surface area contributed by atoms with Crippen molar-refractivity contribution >= 4 is 17.9 Å². The van der Waals surface area contributed by atoms with Gasteiger partial charge < -0.3 is 9.47 Å². The van der Waals surface area contributed by atoms with Gasteiger partial charge in [-0.2, -0.15) is 0 Å². The number of amides is 1. The summed E-state index contributed by atoms with van der Waals surface area (Å²) in [5.41, 5.74) is 1.79. The molecule has 1 aliphatic rings. The molecule has 1 atom stereocenters. The molecular weight excluding hydrogens is 218 g/mol. The largest absolute Gasteiger partial charge is 0.449 e. The zero-order valence-electron chi connectivity index (χ0n) is 9.92. The van der Waals surface area contributed by atoms with Gasteiger partial charge in [-0.15, -0.1) is 0 Å². The Hall–Kier alpha value is -1.81. The predicted molar refractivity (Wildman–Crippen MR) is 65.8 cm³/mol. The number of para-hydroxylation sites is 1. The van der Waals surface area contributed by atoms with Crippen molar-refractivity contribution in [3.8, 4) is 0 Å². The SMILES string of the molecule is CCOC(=O)N1c2ccccc2C=C[C@H]1OC. The summed E-state index contributed by atoms with van der Waals surface area (Å²) in [6, 6.07) is 7.64. The quantitative estimate of drug-likeness (QED) is 0.788. The van der Waals surface area contributed by atoms with Gasteiger partial charge in [-0.05, 0) is 24.6 Å². The molecule has 1 aromatic carbocycles. The van der Waals surface area contributed by atoms with Crippen LogP contribution in [0.15, 0.2) is 30.3 Å². The number of rotatable bonds is 2. The van der Waals surface area contributed by atoms with Gasteiger partial charge in [0.1, 0.15) is 0 Å². The van der Waals surface area contributed by atoms with Crippen molar-refractivity contribution in [1.29, 1.82) is 0 Å². The number of fused-ring (bicyclic) bond motifs is 1. The zero-order chi connectivity index (χ0) is 12.3. The Labute approximate surface area is 100 Å². The molecule has 4 nitrogen and oxygen atoms in total. The minimum atomic E-state index is -0.413. The molecule has 17 heavy (non-hydrogen) atoms. The average molecular weight is 233 g/mol. The molecule has 0 radical (unpaired) electrons. The Morgan fingerprint density at radius 2 is 2.18 bits per heavy atom. The Morgan fingerprint density at radius 1 is 1.41 bits per heavy atom. The minimum absolute atomic E-state index is 0.345. The van der Waals surface area contributed by atoms with Crippen molar-refractivity contribution in [3.63, 3.8) is 0 Å². The van der Waals surface area contributed by atoms with Gasteiger partial charge in [0.2, 0.25) is 0 Å². The zero-order valence-corrected chi connectivity index (χ0v) is 9.92. The number of hydrogen-bond acceptors (Lipinski definition) is 3. The van der Waals surface area contributed by atoms with Crippen LogP contribution in [-0.2, 0) is 9.47 Å². The van der Waals surface area contributed by atoms with Crippen molar-refractivity contribution in [3.05, 3.63) is 35.9 Å². The van der Waals surface area contributed by atoms with Gasteiger partial charge in [0.15, 0.2) is 6.23 Å². The second kappa shape index (κ2) is 5.01. The normalized spacial score (nSPS) is 17.8. The molecule has 1 aromatic rings. The van der Waals surface area contributed by atoms with Crippen molar-refractivity contribution < 1.29 is 14.3 Å². The second-order valence-corrected chi connectivity index (χ2v) is 3.61. The molecule has 0 spiro atoms. The van der Waals surface area contributed by atoms with Gasteiger partial charge in [-0.25, -0.2) is 9.69 Å².